The number of halogens is 1. The van der Waals surface area contributed by atoms with Crippen molar-refractivity contribution in [2.75, 3.05) is 18.5 Å². The zero-order chi connectivity index (χ0) is 14.0. The van der Waals surface area contributed by atoms with Crippen LogP contribution in [0.5, 0.6) is 0 Å². The Morgan fingerprint density at radius 2 is 2.16 bits per heavy atom. The Labute approximate surface area is 115 Å². The fourth-order valence-corrected chi connectivity index (χ4v) is 2.17. The van der Waals surface area contributed by atoms with E-state index in [4.69, 9.17) is 21.4 Å². The fourth-order valence-electron chi connectivity index (χ4n) is 1.93. The normalized spacial score (nSPS) is 31.2. The van der Waals surface area contributed by atoms with Crippen LogP contribution in [0.4, 0.5) is 5.95 Å². The molecule has 4 N–H and O–H groups in total. The van der Waals surface area contributed by atoms with Gasteiger partial charge in [0.2, 0.25) is 5.95 Å². The molecule has 0 bridgehead atoms. The first-order valence-electron chi connectivity index (χ1n) is 5.87. The fraction of sp³-hybridized carbons (Fsp3) is 0.636. The number of nitrogens with zero attached hydrogens (tertiary/aromatic N) is 2. The van der Waals surface area contributed by atoms with Gasteiger partial charge in [-0.15, -0.1) is 0 Å². The average molecular weight is 290 g/mol. The Kier molecular flexibility index (Phi) is 4.54. The third kappa shape index (κ3) is 3.31. The molecule has 0 unspecified atom stereocenters. The summed E-state index contributed by atoms with van der Waals surface area (Å²) in [6, 6.07) is 1.03. The Morgan fingerprint density at radius 1 is 1.42 bits per heavy atom. The van der Waals surface area contributed by atoms with Crippen molar-refractivity contribution in [3.8, 4) is 0 Å². The van der Waals surface area contributed by atoms with Crippen LogP contribution in [0.15, 0.2) is 6.07 Å². The van der Waals surface area contributed by atoms with Crippen LogP contribution >= 0.6 is 11.6 Å². The van der Waals surface area contributed by atoms with E-state index in [2.05, 4.69) is 15.3 Å². The van der Waals surface area contributed by atoms with Crippen molar-refractivity contribution in [1.82, 2.24) is 9.97 Å². The number of aliphatic hydroxyl groups excluding tert-OH is 3. The maximum Gasteiger partial charge on any atom is 0.224 e. The average Bonchev–Trinajstić information content (AvgIpc) is 2.34. The van der Waals surface area contributed by atoms with Crippen LogP contribution in [0, 0.1) is 6.92 Å². The van der Waals surface area contributed by atoms with Crippen LogP contribution in [0.3, 0.4) is 0 Å². The van der Waals surface area contributed by atoms with E-state index in [0.29, 0.717) is 5.69 Å². The summed E-state index contributed by atoms with van der Waals surface area (Å²) >= 11 is 5.81. The standard InChI is InChI=1S/C11H16ClN3O4/c1-5-2-8(12)15-11(13-5)14-6-4-19-7(3-16)10(18)9(6)17/h2,6-7,9-10,16-18H,3-4H2,1H3,(H,13,14,15)/t6-,7+,9+,10-/m0/s1. The van der Waals surface area contributed by atoms with Crippen LogP contribution < -0.4 is 5.32 Å². The summed E-state index contributed by atoms with van der Waals surface area (Å²) in [5.74, 6) is 0.257. The highest BCUT2D eigenvalue weighted by Crippen LogP contribution is 2.18. The van der Waals surface area contributed by atoms with Gasteiger partial charge in [-0.05, 0) is 13.0 Å². The van der Waals surface area contributed by atoms with Gasteiger partial charge < -0.3 is 25.4 Å². The molecule has 0 radical (unpaired) electrons. The van der Waals surface area contributed by atoms with E-state index in [1.54, 1.807) is 13.0 Å². The Hall–Kier alpha value is -0.990. The van der Waals surface area contributed by atoms with Crippen molar-refractivity contribution < 1.29 is 20.1 Å². The minimum atomic E-state index is -1.17. The second kappa shape index (κ2) is 5.98. The molecular formula is C11H16ClN3O4. The molecule has 2 heterocycles. The lowest BCUT2D eigenvalue weighted by Crippen LogP contribution is -2.56. The number of hydrogen-bond acceptors (Lipinski definition) is 7. The highest BCUT2D eigenvalue weighted by atomic mass is 35.5. The van der Waals surface area contributed by atoms with Gasteiger partial charge in [0.1, 0.15) is 23.5 Å². The molecule has 0 spiro atoms. The van der Waals surface area contributed by atoms with Gasteiger partial charge in [-0.3, -0.25) is 0 Å². The van der Waals surface area contributed by atoms with Crippen LogP contribution in [0.2, 0.25) is 5.15 Å². The van der Waals surface area contributed by atoms with Crippen LogP contribution in [-0.2, 0) is 4.74 Å². The summed E-state index contributed by atoms with van der Waals surface area (Å²) in [4.78, 5) is 8.09. The molecule has 0 saturated carbocycles. The Morgan fingerprint density at radius 3 is 2.79 bits per heavy atom. The third-order valence-corrected chi connectivity index (χ3v) is 3.14. The number of hydrogen-bond donors (Lipinski definition) is 4. The molecule has 106 valence electrons. The SMILES string of the molecule is Cc1cc(Cl)nc(N[C@H]2CO[C@H](CO)[C@H](O)[C@@H]2O)n1. The molecule has 1 fully saturated rings. The molecule has 0 aliphatic carbocycles. The molecule has 0 amide bonds. The molecule has 19 heavy (non-hydrogen) atoms. The molecule has 1 aromatic rings. The van der Waals surface area contributed by atoms with Crippen molar-refractivity contribution in [1.29, 1.82) is 0 Å². The highest BCUT2D eigenvalue weighted by molar-refractivity contribution is 6.29. The first kappa shape index (κ1) is 14.4. The summed E-state index contributed by atoms with van der Waals surface area (Å²) < 4.78 is 5.24. The predicted octanol–water partition coefficient (Wildman–Crippen LogP) is -0.668. The van der Waals surface area contributed by atoms with E-state index in [9.17, 15) is 10.2 Å². The number of anilines is 1. The van der Waals surface area contributed by atoms with Crippen molar-refractivity contribution in [3.63, 3.8) is 0 Å². The predicted molar refractivity (Wildman–Crippen MR) is 68.0 cm³/mol. The zero-order valence-corrected chi connectivity index (χ0v) is 11.1. The summed E-state index contributed by atoms with van der Waals surface area (Å²) in [5.41, 5.74) is 0.683. The van der Waals surface area contributed by atoms with Crippen LogP contribution in [0.1, 0.15) is 5.69 Å². The molecule has 0 aromatic carbocycles. The first-order chi connectivity index (χ1) is 9.01. The second-order valence-corrected chi connectivity index (χ2v) is 4.83. The van der Waals surface area contributed by atoms with E-state index >= 15 is 0 Å². The van der Waals surface area contributed by atoms with Gasteiger partial charge in [0.15, 0.2) is 0 Å². The van der Waals surface area contributed by atoms with Gasteiger partial charge in [-0.1, -0.05) is 11.6 Å². The zero-order valence-electron chi connectivity index (χ0n) is 10.3. The lowest BCUT2D eigenvalue weighted by Gasteiger charge is -2.37. The van der Waals surface area contributed by atoms with E-state index in [1.807, 2.05) is 0 Å². The van der Waals surface area contributed by atoms with Crippen molar-refractivity contribution in [2.24, 2.45) is 0 Å². The van der Waals surface area contributed by atoms with E-state index in [-0.39, 0.29) is 24.3 Å². The lowest BCUT2D eigenvalue weighted by atomic mass is 9.98. The van der Waals surface area contributed by atoms with E-state index < -0.39 is 24.4 Å². The first-order valence-corrected chi connectivity index (χ1v) is 6.25. The minimum Gasteiger partial charge on any atom is -0.394 e. The summed E-state index contributed by atoms with van der Waals surface area (Å²) in [6.45, 7) is 1.54. The van der Waals surface area contributed by atoms with Gasteiger partial charge >= 0.3 is 0 Å². The minimum absolute atomic E-state index is 0.123. The maximum atomic E-state index is 9.95. The quantitative estimate of drug-likeness (QED) is 0.547. The third-order valence-electron chi connectivity index (χ3n) is 2.95. The highest BCUT2D eigenvalue weighted by Gasteiger charge is 2.38. The van der Waals surface area contributed by atoms with E-state index in [1.165, 1.54) is 0 Å². The smallest absolute Gasteiger partial charge is 0.224 e. The van der Waals surface area contributed by atoms with Crippen molar-refractivity contribution in [3.05, 3.63) is 16.9 Å². The van der Waals surface area contributed by atoms with Gasteiger partial charge in [0.25, 0.3) is 0 Å². The van der Waals surface area contributed by atoms with E-state index in [0.717, 1.165) is 0 Å². The molecular weight excluding hydrogens is 274 g/mol. The van der Waals surface area contributed by atoms with Crippen molar-refractivity contribution >= 4 is 17.5 Å². The molecule has 1 aliphatic heterocycles. The summed E-state index contributed by atoms with van der Waals surface area (Å²) in [6.07, 6.45) is -3.04. The van der Waals surface area contributed by atoms with Gasteiger partial charge in [0, 0.05) is 5.69 Å². The number of rotatable bonds is 3. The van der Waals surface area contributed by atoms with Crippen LogP contribution in [-0.4, -0.2) is 62.9 Å². The van der Waals surface area contributed by atoms with Crippen molar-refractivity contribution in [2.45, 2.75) is 31.3 Å². The van der Waals surface area contributed by atoms with Gasteiger partial charge in [-0.2, -0.15) is 0 Å². The van der Waals surface area contributed by atoms with Crippen LogP contribution in [0.25, 0.3) is 0 Å². The van der Waals surface area contributed by atoms with Gasteiger partial charge in [-0.25, -0.2) is 9.97 Å². The molecule has 7 nitrogen and oxygen atoms in total. The number of aliphatic hydroxyl groups is 3. The molecule has 1 saturated heterocycles. The molecule has 4 atom stereocenters. The van der Waals surface area contributed by atoms with Gasteiger partial charge in [0.05, 0.1) is 19.3 Å². The lowest BCUT2D eigenvalue weighted by molar-refractivity contribution is -0.152. The topological polar surface area (TPSA) is 108 Å². The Bertz CT molecular complexity index is 428. The number of aromatic nitrogens is 2. The number of aryl methyl sites for hydroxylation is 1. The number of ether oxygens (including phenoxy) is 1. The summed E-state index contributed by atoms with van der Waals surface area (Å²) in [7, 11) is 0. The largest absolute Gasteiger partial charge is 0.394 e. The molecule has 8 heteroatoms. The summed E-state index contributed by atoms with van der Waals surface area (Å²) in [5, 5.41) is 31.8. The maximum absolute atomic E-state index is 9.95. The Balaban J connectivity index is 2.07. The monoisotopic (exact) mass is 289 g/mol. The molecule has 1 aliphatic rings. The molecule has 1 aromatic heterocycles. The molecule has 2 rings (SSSR count). The number of nitrogens with one attached hydrogen (secondary N) is 1. The second-order valence-electron chi connectivity index (χ2n) is 4.44.